The summed E-state index contributed by atoms with van der Waals surface area (Å²) in [6, 6.07) is 5.81. The van der Waals surface area contributed by atoms with Crippen molar-refractivity contribution in [1.29, 1.82) is 0 Å². The van der Waals surface area contributed by atoms with Gasteiger partial charge in [0.05, 0.1) is 25.9 Å². The summed E-state index contributed by atoms with van der Waals surface area (Å²) in [5.41, 5.74) is 7.84. The number of rotatable bonds is 11. The van der Waals surface area contributed by atoms with Gasteiger partial charge in [-0.1, -0.05) is 12.8 Å². The summed E-state index contributed by atoms with van der Waals surface area (Å²) in [7, 11) is 5.08. The lowest BCUT2D eigenvalue weighted by molar-refractivity contribution is -0.154. The second kappa shape index (κ2) is 15.2. The van der Waals surface area contributed by atoms with E-state index < -0.39 is 18.4 Å². The van der Waals surface area contributed by atoms with Crippen molar-refractivity contribution in [3.63, 3.8) is 0 Å². The van der Waals surface area contributed by atoms with Gasteiger partial charge in [-0.05, 0) is 89.7 Å². The largest absolute Gasteiger partial charge is 0.495 e. The number of amidine groups is 1. The zero-order chi connectivity index (χ0) is 33.7. The third-order valence-electron chi connectivity index (χ3n) is 10.2. The smallest absolute Gasteiger partial charge is 0.342 e. The summed E-state index contributed by atoms with van der Waals surface area (Å²) in [6.07, 6.45) is 7.76. The highest BCUT2D eigenvalue weighted by Crippen LogP contribution is 2.34. The van der Waals surface area contributed by atoms with E-state index in [1.165, 1.54) is 19.9 Å². The first-order valence-electron chi connectivity index (χ1n) is 17.1. The lowest BCUT2D eigenvalue weighted by Crippen LogP contribution is -2.54. The molecule has 2 amide bonds. The normalized spacial score (nSPS) is 25.9. The fourth-order valence-electron chi connectivity index (χ4n) is 7.40. The van der Waals surface area contributed by atoms with E-state index in [-0.39, 0.29) is 35.9 Å². The second-order valence-corrected chi connectivity index (χ2v) is 13.6. The summed E-state index contributed by atoms with van der Waals surface area (Å²) in [6.45, 7) is 4.80. The number of likely N-dealkylation sites (N-methyl/N-ethyl adjacent to an activating group) is 1. The molecule has 2 saturated carbocycles. The predicted molar refractivity (Wildman–Crippen MR) is 180 cm³/mol. The highest BCUT2D eigenvalue weighted by atomic mass is 19.3. The lowest BCUT2D eigenvalue weighted by atomic mass is 9.84. The number of hydrogen-bond acceptors (Lipinski definition) is 8. The number of halogens is 2. The van der Waals surface area contributed by atoms with Crippen LogP contribution < -0.4 is 26.4 Å². The van der Waals surface area contributed by atoms with Crippen molar-refractivity contribution in [2.75, 3.05) is 65.8 Å². The topological polar surface area (TPSA) is 128 Å². The fraction of sp³-hybridized carbons (Fsp3) is 0.676. The highest BCUT2D eigenvalue weighted by Gasteiger charge is 2.50. The summed E-state index contributed by atoms with van der Waals surface area (Å²) in [5, 5.41) is 9.89. The molecule has 0 bridgehead atoms. The Morgan fingerprint density at radius 1 is 1.19 bits per heavy atom. The van der Waals surface area contributed by atoms with Crippen molar-refractivity contribution < 1.29 is 23.1 Å². The zero-order valence-corrected chi connectivity index (χ0v) is 28.3. The van der Waals surface area contributed by atoms with Gasteiger partial charge < -0.3 is 41.1 Å². The number of nitrogens with zero attached hydrogens (tertiary/aromatic N) is 4. The highest BCUT2D eigenvalue weighted by molar-refractivity contribution is 6.05. The molecule has 2 heterocycles. The molecular formula is C34H52F2N8O3. The van der Waals surface area contributed by atoms with Crippen molar-refractivity contribution in [2.24, 2.45) is 16.6 Å². The number of alkyl halides is 2. The number of amides is 2. The van der Waals surface area contributed by atoms with Gasteiger partial charge in [0.1, 0.15) is 17.3 Å². The molecule has 0 atom stereocenters. The number of nitrogens with one attached hydrogen (secondary N) is 3. The molecule has 2 saturated heterocycles. The van der Waals surface area contributed by atoms with Gasteiger partial charge >= 0.3 is 5.92 Å². The Morgan fingerprint density at radius 3 is 2.55 bits per heavy atom. The number of piperidine rings is 1. The van der Waals surface area contributed by atoms with Crippen LogP contribution in [0.25, 0.3) is 0 Å². The number of anilines is 1. The molecule has 1 aromatic rings. The van der Waals surface area contributed by atoms with Crippen molar-refractivity contribution >= 4 is 23.3 Å². The van der Waals surface area contributed by atoms with E-state index in [4.69, 9.17) is 15.5 Å². The first-order chi connectivity index (χ1) is 22.5. The van der Waals surface area contributed by atoms with E-state index in [2.05, 4.69) is 27.9 Å². The number of hydrogen-bond donors (Lipinski definition) is 4. The number of aliphatic imine (C=N–C) groups is 1. The number of carbonyl (C=O) groups excluding carboxylic acids is 2. The Labute approximate surface area is 277 Å². The van der Waals surface area contributed by atoms with Crippen LogP contribution in [0, 0.1) is 5.92 Å². The quantitative estimate of drug-likeness (QED) is 0.267. The van der Waals surface area contributed by atoms with Crippen molar-refractivity contribution in [2.45, 2.75) is 82.3 Å². The van der Waals surface area contributed by atoms with Gasteiger partial charge in [0, 0.05) is 49.5 Å². The Hall–Kier alpha value is -3.45. The summed E-state index contributed by atoms with van der Waals surface area (Å²) < 4.78 is 35.6. The van der Waals surface area contributed by atoms with Crippen LogP contribution in [0.15, 0.2) is 34.6 Å². The molecule has 0 spiro atoms. The van der Waals surface area contributed by atoms with Crippen LogP contribution in [0.3, 0.4) is 0 Å². The lowest BCUT2D eigenvalue weighted by Gasteiger charge is -2.43. The molecular weight excluding hydrogens is 606 g/mol. The van der Waals surface area contributed by atoms with Gasteiger partial charge in [-0.25, -0.2) is 0 Å². The fourth-order valence-corrected chi connectivity index (χ4v) is 7.40. The molecule has 11 nitrogen and oxygen atoms in total. The van der Waals surface area contributed by atoms with Gasteiger partial charge in [-0.2, -0.15) is 8.78 Å². The van der Waals surface area contributed by atoms with E-state index in [0.29, 0.717) is 35.4 Å². The molecule has 5 rings (SSSR count). The monoisotopic (exact) mass is 658 g/mol. The molecule has 1 aromatic carbocycles. The third kappa shape index (κ3) is 8.17. The summed E-state index contributed by atoms with van der Waals surface area (Å²) >= 11 is 0. The average Bonchev–Trinajstić information content (AvgIpc) is 3.55. The van der Waals surface area contributed by atoms with Crippen molar-refractivity contribution in [1.82, 2.24) is 25.3 Å². The average molecular weight is 659 g/mol. The SMILES string of the molecule is COc1cc(C(=O)NC2CC(N(C)CC3CCNCC3)C2)ccc1NCCN=C1C(=C(C)N)N(C)C(=O)C(F)(F)CN1C1CCCC1. The molecule has 2 aliphatic heterocycles. The molecule has 47 heavy (non-hydrogen) atoms. The number of benzene rings is 1. The molecule has 5 N–H and O–H groups in total. The molecule has 0 unspecified atom stereocenters. The van der Waals surface area contributed by atoms with Crippen LogP contribution in [-0.4, -0.2) is 117 Å². The summed E-state index contributed by atoms with van der Waals surface area (Å²) in [5.74, 6) is -3.38. The van der Waals surface area contributed by atoms with Gasteiger partial charge in [-0.3, -0.25) is 14.6 Å². The number of allylic oxidation sites excluding steroid dienone is 1. The van der Waals surface area contributed by atoms with E-state index in [1.807, 2.05) is 0 Å². The first-order valence-corrected chi connectivity index (χ1v) is 17.1. The minimum atomic E-state index is -3.56. The molecule has 4 fully saturated rings. The first kappa shape index (κ1) is 34.9. The van der Waals surface area contributed by atoms with Gasteiger partial charge in [0.15, 0.2) is 0 Å². The number of ether oxygens (including phenoxy) is 1. The Bertz CT molecular complexity index is 1330. The minimum Gasteiger partial charge on any atom is -0.495 e. The maximum atomic E-state index is 15.0. The van der Waals surface area contributed by atoms with Gasteiger partial charge in [0.25, 0.3) is 11.8 Å². The minimum absolute atomic E-state index is 0.127. The number of methoxy groups -OCH3 is 1. The van der Waals surface area contributed by atoms with E-state index in [1.54, 1.807) is 37.1 Å². The Balaban J connectivity index is 1.18. The van der Waals surface area contributed by atoms with Crippen molar-refractivity contribution in [3.8, 4) is 5.75 Å². The van der Waals surface area contributed by atoms with Crippen LogP contribution in [0.1, 0.15) is 68.6 Å². The van der Waals surface area contributed by atoms with Crippen LogP contribution in [0.2, 0.25) is 0 Å². The van der Waals surface area contributed by atoms with Crippen LogP contribution >= 0.6 is 0 Å². The van der Waals surface area contributed by atoms with Gasteiger partial charge in [0.2, 0.25) is 0 Å². The molecule has 13 heteroatoms. The predicted octanol–water partition coefficient (Wildman–Crippen LogP) is 3.24. The molecule has 4 aliphatic rings. The third-order valence-corrected chi connectivity index (χ3v) is 10.2. The van der Waals surface area contributed by atoms with E-state index in [9.17, 15) is 9.59 Å². The summed E-state index contributed by atoms with van der Waals surface area (Å²) in [4.78, 5) is 35.5. The molecule has 0 aromatic heterocycles. The number of carbonyl (C=O) groups is 2. The zero-order valence-electron chi connectivity index (χ0n) is 28.3. The van der Waals surface area contributed by atoms with E-state index in [0.717, 1.165) is 69.0 Å². The van der Waals surface area contributed by atoms with Crippen LogP contribution in [-0.2, 0) is 4.79 Å². The van der Waals surface area contributed by atoms with Gasteiger partial charge in [-0.15, -0.1) is 0 Å². The molecule has 2 aliphatic carbocycles. The number of nitrogens with two attached hydrogens (primary N) is 1. The van der Waals surface area contributed by atoms with Crippen molar-refractivity contribution in [3.05, 3.63) is 35.2 Å². The van der Waals surface area contributed by atoms with E-state index >= 15 is 8.78 Å². The second-order valence-electron chi connectivity index (χ2n) is 13.6. The standard InChI is InChI=1S/C34H52F2N8O3/c1-22(37)30-31(44(26-7-5-6-8-26)21-34(35,36)33(46)43(30)3)40-16-15-39-28-10-9-24(17-29(28)47-4)32(45)41-25-18-27(19-25)42(2)20-23-11-13-38-14-12-23/h9-10,17,23,25-27,38-39H,5-8,11-16,18-21,37H2,1-4H3,(H,41,45). The molecule has 260 valence electrons. The Kier molecular flexibility index (Phi) is 11.3. The van der Waals surface area contributed by atoms with Crippen LogP contribution in [0.4, 0.5) is 14.5 Å². The van der Waals surface area contributed by atoms with Crippen LogP contribution in [0.5, 0.6) is 5.75 Å². The Morgan fingerprint density at radius 2 is 1.89 bits per heavy atom. The maximum absolute atomic E-state index is 15.0. The maximum Gasteiger partial charge on any atom is 0.342 e. The molecule has 0 radical (unpaired) electrons.